The molecule has 0 unspecified atom stereocenters. The van der Waals surface area contributed by atoms with Gasteiger partial charge in [0.1, 0.15) is 11.4 Å². The Bertz CT molecular complexity index is 552. The van der Waals surface area contributed by atoms with E-state index in [1.807, 2.05) is 20.8 Å². The van der Waals surface area contributed by atoms with Gasteiger partial charge in [0.05, 0.1) is 5.02 Å². The van der Waals surface area contributed by atoms with E-state index < -0.39 is 11.4 Å². The first kappa shape index (κ1) is 17.9. The van der Waals surface area contributed by atoms with Gasteiger partial charge in [-0.3, -0.25) is 0 Å². The van der Waals surface area contributed by atoms with Gasteiger partial charge in [-0.05, 0) is 57.7 Å². The van der Waals surface area contributed by atoms with Crippen molar-refractivity contribution in [2.75, 3.05) is 25.0 Å². The molecule has 1 aliphatic rings. The zero-order valence-electron chi connectivity index (χ0n) is 13.9. The van der Waals surface area contributed by atoms with Gasteiger partial charge < -0.3 is 15.0 Å². The van der Waals surface area contributed by atoms with E-state index in [0.717, 1.165) is 25.1 Å². The topological polar surface area (TPSA) is 41.6 Å². The number of piperidine rings is 1. The zero-order valence-corrected chi connectivity index (χ0v) is 14.6. The molecule has 0 atom stereocenters. The maximum absolute atomic E-state index is 13.1. The Morgan fingerprint density at radius 3 is 2.61 bits per heavy atom. The fraction of sp³-hybridized carbons (Fsp3) is 0.588. The van der Waals surface area contributed by atoms with Crippen LogP contribution in [-0.2, 0) is 4.74 Å². The lowest BCUT2D eigenvalue weighted by atomic mass is 9.97. The van der Waals surface area contributed by atoms with Crippen molar-refractivity contribution >= 4 is 23.4 Å². The summed E-state index contributed by atoms with van der Waals surface area (Å²) < 4.78 is 18.5. The van der Waals surface area contributed by atoms with Crippen LogP contribution < -0.4 is 5.32 Å². The second-order valence-electron chi connectivity index (χ2n) is 6.92. The van der Waals surface area contributed by atoms with Crippen molar-refractivity contribution in [3.05, 3.63) is 29.0 Å². The van der Waals surface area contributed by atoms with Crippen molar-refractivity contribution in [1.82, 2.24) is 4.90 Å². The molecule has 0 bridgehead atoms. The second-order valence-corrected chi connectivity index (χ2v) is 7.33. The number of nitrogens with one attached hydrogen (secondary N) is 1. The number of benzene rings is 1. The minimum absolute atomic E-state index is 0.120. The molecule has 4 nitrogen and oxygen atoms in total. The molecular formula is C17H24ClFN2O2. The fourth-order valence-electron chi connectivity index (χ4n) is 2.51. The monoisotopic (exact) mass is 342 g/mol. The molecule has 6 heteroatoms. The number of nitrogens with zero attached hydrogens (tertiary/aromatic N) is 1. The molecule has 1 aliphatic heterocycles. The molecule has 2 rings (SSSR count). The van der Waals surface area contributed by atoms with Crippen LogP contribution in [-0.4, -0.2) is 36.2 Å². The van der Waals surface area contributed by atoms with Gasteiger partial charge in [-0.2, -0.15) is 0 Å². The van der Waals surface area contributed by atoms with E-state index in [0.29, 0.717) is 19.0 Å². The third-order valence-electron chi connectivity index (χ3n) is 3.78. The Morgan fingerprint density at radius 2 is 2.04 bits per heavy atom. The van der Waals surface area contributed by atoms with Crippen LogP contribution in [0.25, 0.3) is 0 Å². The van der Waals surface area contributed by atoms with Crippen LogP contribution in [0.5, 0.6) is 0 Å². The first-order valence-electron chi connectivity index (χ1n) is 7.91. The van der Waals surface area contributed by atoms with Crippen LogP contribution in [0.15, 0.2) is 18.2 Å². The molecule has 1 saturated heterocycles. The molecule has 23 heavy (non-hydrogen) atoms. The summed E-state index contributed by atoms with van der Waals surface area (Å²) in [5.41, 5.74) is 0.350. The van der Waals surface area contributed by atoms with Crippen LogP contribution in [0.2, 0.25) is 5.02 Å². The van der Waals surface area contributed by atoms with Crippen LogP contribution in [0.1, 0.15) is 33.6 Å². The predicted molar refractivity (Wildman–Crippen MR) is 90.4 cm³/mol. The summed E-state index contributed by atoms with van der Waals surface area (Å²) in [6.07, 6.45) is 1.59. The number of halogens is 2. The first-order chi connectivity index (χ1) is 10.7. The molecular weight excluding hydrogens is 319 g/mol. The lowest BCUT2D eigenvalue weighted by molar-refractivity contribution is 0.0188. The average Bonchev–Trinajstić information content (AvgIpc) is 2.47. The summed E-state index contributed by atoms with van der Waals surface area (Å²) >= 11 is 5.77. The predicted octanol–water partition coefficient (Wildman–Crippen LogP) is 4.54. The summed E-state index contributed by atoms with van der Waals surface area (Å²) in [6, 6.07) is 4.62. The summed E-state index contributed by atoms with van der Waals surface area (Å²) in [4.78, 5) is 13.8. The standard InChI is InChI=1S/C17H24ClFN2O2/c1-17(2,3)23-16(22)21-8-6-12(7-9-21)11-20-13-4-5-15(19)14(18)10-13/h4-5,10,12,20H,6-9,11H2,1-3H3. The highest BCUT2D eigenvalue weighted by molar-refractivity contribution is 6.31. The van der Waals surface area contributed by atoms with Crippen molar-refractivity contribution in [1.29, 1.82) is 0 Å². The van der Waals surface area contributed by atoms with Crippen LogP contribution in [0.4, 0.5) is 14.9 Å². The van der Waals surface area contributed by atoms with E-state index in [9.17, 15) is 9.18 Å². The van der Waals surface area contributed by atoms with Crippen molar-refractivity contribution in [3.8, 4) is 0 Å². The molecule has 1 heterocycles. The highest BCUT2D eigenvalue weighted by Crippen LogP contribution is 2.22. The minimum Gasteiger partial charge on any atom is -0.444 e. The molecule has 1 fully saturated rings. The van der Waals surface area contributed by atoms with E-state index in [-0.39, 0.29) is 11.1 Å². The van der Waals surface area contributed by atoms with Crippen LogP contribution in [0.3, 0.4) is 0 Å². The van der Waals surface area contributed by atoms with Crippen molar-refractivity contribution < 1.29 is 13.9 Å². The Labute approximate surface area is 141 Å². The lowest BCUT2D eigenvalue weighted by Crippen LogP contribution is -2.42. The Morgan fingerprint density at radius 1 is 1.39 bits per heavy atom. The number of amides is 1. The van der Waals surface area contributed by atoms with Crippen molar-refractivity contribution in [2.45, 2.75) is 39.2 Å². The third-order valence-corrected chi connectivity index (χ3v) is 4.07. The summed E-state index contributed by atoms with van der Waals surface area (Å²) in [5, 5.41) is 3.40. The highest BCUT2D eigenvalue weighted by Gasteiger charge is 2.26. The van der Waals surface area contributed by atoms with Gasteiger partial charge in [-0.15, -0.1) is 0 Å². The van der Waals surface area contributed by atoms with Gasteiger partial charge in [-0.25, -0.2) is 9.18 Å². The number of anilines is 1. The number of ether oxygens (including phenoxy) is 1. The second kappa shape index (κ2) is 7.39. The average molecular weight is 343 g/mol. The number of carbonyl (C=O) groups is 1. The Hall–Kier alpha value is -1.49. The summed E-state index contributed by atoms with van der Waals surface area (Å²) in [6.45, 7) is 7.79. The smallest absolute Gasteiger partial charge is 0.410 e. The van der Waals surface area contributed by atoms with Crippen LogP contribution >= 0.6 is 11.6 Å². The summed E-state index contributed by atoms with van der Waals surface area (Å²) in [5.74, 6) is 0.0559. The van der Waals surface area contributed by atoms with Crippen molar-refractivity contribution in [2.24, 2.45) is 5.92 Å². The van der Waals surface area contributed by atoms with Gasteiger partial charge in [0.15, 0.2) is 0 Å². The van der Waals surface area contributed by atoms with Gasteiger partial charge in [0.2, 0.25) is 0 Å². The fourth-order valence-corrected chi connectivity index (χ4v) is 2.69. The van der Waals surface area contributed by atoms with Gasteiger partial charge in [0.25, 0.3) is 0 Å². The number of hydrogen-bond acceptors (Lipinski definition) is 3. The Kier molecular flexibility index (Phi) is 5.74. The summed E-state index contributed by atoms with van der Waals surface area (Å²) in [7, 11) is 0. The molecule has 0 radical (unpaired) electrons. The molecule has 0 aliphatic carbocycles. The van der Waals surface area contributed by atoms with Gasteiger partial charge in [-0.1, -0.05) is 11.6 Å². The normalized spacial score (nSPS) is 16.3. The molecule has 0 aromatic heterocycles. The first-order valence-corrected chi connectivity index (χ1v) is 8.29. The Balaban J connectivity index is 1.76. The third kappa shape index (κ3) is 5.57. The van der Waals surface area contributed by atoms with E-state index in [2.05, 4.69) is 5.32 Å². The van der Waals surface area contributed by atoms with E-state index in [1.165, 1.54) is 6.07 Å². The maximum atomic E-state index is 13.1. The molecule has 0 spiro atoms. The molecule has 128 valence electrons. The van der Waals surface area contributed by atoms with Gasteiger partial charge >= 0.3 is 6.09 Å². The molecule has 0 saturated carbocycles. The van der Waals surface area contributed by atoms with Gasteiger partial charge in [0, 0.05) is 25.3 Å². The molecule has 1 N–H and O–H groups in total. The van der Waals surface area contributed by atoms with Crippen molar-refractivity contribution in [3.63, 3.8) is 0 Å². The molecule has 1 aromatic rings. The highest BCUT2D eigenvalue weighted by atomic mass is 35.5. The minimum atomic E-state index is -0.461. The quantitative estimate of drug-likeness (QED) is 0.876. The number of rotatable bonds is 3. The molecule has 1 amide bonds. The SMILES string of the molecule is CC(C)(C)OC(=O)N1CCC(CNc2ccc(F)c(Cl)c2)CC1. The largest absolute Gasteiger partial charge is 0.444 e. The maximum Gasteiger partial charge on any atom is 0.410 e. The van der Waals surface area contributed by atoms with E-state index in [4.69, 9.17) is 16.3 Å². The number of carbonyl (C=O) groups excluding carboxylic acids is 1. The van der Waals surface area contributed by atoms with E-state index >= 15 is 0 Å². The number of likely N-dealkylation sites (tertiary alicyclic amines) is 1. The van der Waals surface area contributed by atoms with E-state index in [1.54, 1.807) is 17.0 Å². The molecule has 1 aromatic carbocycles. The lowest BCUT2D eigenvalue weighted by Gasteiger charge is -2.33. The zero-order chi connectivity index (χ0) is 17.0. The van der Waals surface area contributed by atoms with Crippen LogP contribution in [0, 0.1) is 11.7 Å². The number of hydrogen-bond donors (Lipinski definition) is 1.